The van der Waals surface area contributed by atoms with Crippen LogP contribution in [0.3, 0.4) is 0 Å². The Hall–Kier alpha value is 0.217. The minimum Gasteiger partial charge on any atom is -0.0625 e. The second-order valence-electron chi connectivity index (χ2n) is 3.74. The van der Waals surface area contributed by atoms with Crippen molar-refractivity contribution in [2.75, 3.05) is 0 Å². The van der Waals surface area contributed by atoms with Crippen LogP contribution in [0.1, 0.15) is 33.1 Å². The summed E-state index contributed by atoms with van der Waals surface area (Å²) in [6.07, 6.45) is 4.48. The van der Waals surface area contributed by atoms with Gasteiger partial charge in [-0.25, -0.2) is 0 Å². The van der Waals surface area contributed by atoms with Crippen LogP contribution >= 0.6 is 0 Å². The van der Waals surface area contributed by atoms with Gasteiger partial charge in [-0.15, -0.1) is 0 Å². The van der Waals surface area contributed by atoms with Gasteiger partial charge >= 0.3 is 0 Å². The highest BCUT2D eigenvalue weighted by Gasteiger charge is 2.22. The Labute approximate surface area is 61.5 Å². The van der Waals surface area contributed by atoms with Gasteiger partial charge in [0, 0.05) is 10.2 Å². The zero-order valence-electron chi connectivity index (χ0n) is 6.85. The van der Waals surface area contributed by atoms with E-state index in [0.717, 1.165) is 17.4 Å². The van der Waals surface area contributed by atoms with Crippen LogP contribution in [0, 0.1) is 11.8 Å². The van der Waals surface area contributed by atoms with Crippen molar-refractivity contribution in [3.8, 4) is 0 Å². The van der Waals surface area contributed by atoms with Gasteiger partial charge in [0.2, 0.25) is 0 Å². The Kier molecular flexibility index (Phi) is 2.33. The predicted octanol–water partition coefficient (Wildman–Crippen LogP) is 1.60. The molecular formula is C8H18Si. The Bertz CT molecular complexity index is 80.6. The number of hydrogen-bond acceptors (Lipinski definition) is 0. The second kappa shape index (κ2) is 2.87. The van der Waals surface area contributed by atoms with Gasteiger partial charge in [0.05, 0.1) is 0 Å². The summed E-state index contributed by atoms with van der Waals surface area (Å²) in [5.74, 6) is 2.08. The summed E-state index contributed by atoms with van der Waals surface area (Å²) in [6.45, 7) is 4.85. The lowest BCUT2D eigenvalue weighted by Gasteiger charge is -2.31. The van der Waals surface area contributed by atoms with Gasteiger partial charge in [-0.1, -0.05) is 33.1 Å². The zero-order valence-corrected chi connectivity index (χ0v) is 8.85. The Morgan fingerprint density at radius 3 is 1.89 bits per heavy atom. The van der Waals surface area contributed by atoms with Crippen molar-refractivity contribution in [1.29, 1.82) is 0 Å². The van der Waals surface area contributed by atoms with Crippen LogP contribution in [-0.4, -0.2) is 10.2 Å². The fourth-order valence-corrected chi connectivity index (χ4v) is 2.52. The van der Waals surface area contributed by atoms with Gasteiger partial charge in [-0.05, 0) is 17.4 Å². The molecule has 1 fully saturated rings. The molecule has 1 heteroatoms. The third-order valence-electron chi connectivity index (χ3n) is 3.11. The molecule has 1 rings (SSSR count). The molecule has 0 aromatic rings. The minimum absolute atomic E-state index is 1.04. The van der Waals surface area contributed by atoms with Gasteiger partial charge in [0.1, 0.15) is 0 Å². The van der Waals surface area contributed by atoms with Gasteiger partial charge in [-0.2, -0.15) is 0 Å². The fraction of sp³-hybridized carbons (Fsp3) is 1.00. The lowest BCUT2D eigenvalue weighted by atomic mass is 9.83. The summed E-state index contributed by atoms with van der Waals surface area (Å²) in [7, 11) is 1.42. The zero-order chi connectivity index (χ0) is 6.85. The van der Waals surface area contributed by atoms with E-state index >= 15 is 0 Å². The van der Waals surface area contributed by atoms with Crippen LogP contribution < -0.4 is 0 Å². The van der Waals surface area contributed by atoms with Crippen LogP contribution in [0.15, 0.2) is 0 Å². The summed E-state index contributed by atoms with van der Waals surface area (Å²) >= 11 is 0. The number of rotatable bonds is 0. The summed E-state index contributed by atoms with van der Waals surface area (Å²) in [5.41, 5.74) is 1.11. The third kappa shape index (κ3) is 1.57. The molecule has 0 saturated heterocycles. The average molecular weight is 142 g/mol. The first-order chi connectivity index (χ1) is 4.22. The van der Waals surface area contributed by atoms with Gasteiger partial charge in [0.15, 0.2) is 0 Å². The Balaban J connectivity index is 2.41. The van der Waals surface area contributed by atoms with Crippen LogP contribution in [0.25, 0.3) is 0 Å². The largest absolute Gasteiger partial charge is 0.0625 e. The van der Waals surface area contributed by atoms with E-state index in [4.69, 9.17) is 0 Å². The maximum Gasteiger partial charge on any atom is 0.00740 e. The van der Waals surface area contributed by atoms with Crippen molar-refractivity contribution in [2.45, 2.75) is 38.7 Å². The Morgan fingerprint density at radius 2 is 1.56 bits per heavy atom. The molecule has 0 radical (unpaired) electrons. The van der Waals surface area contributed by atoms with Crippen molar-refractivity contribution >= 4 is 10.2 Å². The normalized spacial score (nSPS) is 45.3. The highest BCUT2D eigenvalue weighted by molar-refractivity contribution is 6.12. The van der Waals surface area contributed by atoms with Gasteiger partial charge < -0.3 is 0 Å². The fourth-order valence-electron chi connectivity index (χ4n) is 1.85. The molecule has 0 bridgehead atoms. The molecule has 1 aliphatic rings. The molecule has 0 amide bonds. The summed E-state index contributed by atoms with van der Waals surface area (Å²) in [4.78, 5) is 0. The maximum absolute atomic E-state index is 2.42. The van der Waals surface area contributed by atoms with Crippen molar-refractivity contribution in [3.05, 3.63) is 0 Å². The first-order valence-corrected chi connectivity index (χ1v) is 5.37. The van der Waals surface area contributed by atoms with E-state index in [1.54, 1.807) is 0 Å². The topological polar surface area (TPSA) is 0 Å². The Morgan fingerprint density at radius 1 is 1.11 bits per heavy atom. The molecule has 2 unspecified atom stereocenters. The minimum atomic E-state index is 1.04. The summed E-state index contributed by atoms with van der Waals surface area (Å²) < 4.78 is 0. The molecular weight excluding hydrogens is 124 g/mol. The van der Waals surface area contributed by atoms with Gasteiger partial charge in [0.25, 0.3) is 0 Å². The van der Waals surface area contributed by atoms with Crippen molar-refractivity contribution in [2.24, 2.45) is 11.8 Å². The molecule has 9 heavy (non-hydrogen) atoms. The van der Waals surface area contributed by atoms with E-state index in [0.29, 0.717) is 0 Å². The van der Waals surface area contributed by atoms with E-state index in [2.05, 4.69) is 13.8 Å². The van der Waals surface area contributed by atoms with Crippen molar-refractivity contribution in [1.82, 2.24) is 0 Å². The maximum atomic E-state index is 2.42. The molecule has 1 saturated carbocycles. The molecule has 1 aliphatic carbocycles. The molecule has 54 valence electrons. The van der Waals surface area contributed by atoms with Crippen molar-refractivity contribution < 1.29 is 0 Å². The molecule has 0 spiro atoms. The quantitative estimate of drug-likeness (QED) is 0.451. The van der Waals surface area contributed by atoms with E-state index in [1.807, 2.05) is 0 Å². The van der Waals surface area contributed by atoms with Crippen LogP contribution in [0.4, 0.5) is 0 Å². The van der Waals surface area contributed by atoms with E-state index in [-0.39, 0.29) is 0 Å². The molecule has 0 aromatic heterocycles. The molecule has 0 nitrogen and oxygen atoms in total. The van der Waals surface area contributed by atoms with Crippen molar-refractivity contribution in [3.63, 3.8) is 0 Å². The summed E-state index contributed by atoms with van der Waals surface area (Å²) in [5, 5.41) is 0. The van der Waals surface area contributed by atoms with Crippen LogP contribution in [-0.2, 0) is 0 Å². The molecule has 0 heterocycles. The molecule has 0 aromatic carbocycles. The predicted molar refractivity (Wildman–Crippen MR) is 45.9 cm³/mol. The van der Waals surface area contributed by atoms with Crippen LogP contribution in [0.2, 0.25) is 5.54 Å². The number of hydrogen-bond donors (Lipinski definition) is 0. The highest BCUT2D eigenvalue weighted by atomic mass is 28.1. The van der Waals surface area contributed by atoms with Gasteiger partial charge in [-0.3, -0.25) is 0 Å². The van der Waals surface area contributed by atoms with E-state index < -0.39 is 0 Å². The average Bonchev–Trinajstić information content (AvgIpc) is 1.83. The third-order valence-corrected chi connectivity index (χ3v) is 5.39. The smallest absolute Gasteiger partial charge is 0.00740 e. The first-order valence-electron chi connectivity index (χ1n) is 4.22. The molecule has 2 atom stereocenters. The van der Waals surface area contributed by atoms with E-state index in [9.17, 15) is 0 Å². The first kappa shape index (κ1) is 7.33. The molecule has 0 N–H and O–H groups in total. The molecule has 0 aliphatic heterocycles. The standard InChI is InChI=1S/C8H18Si/c1-6-4-3-5-7(2)8(6)9/h6-8H,3-5H2,1-2,9H3. The highest BCUT2D eigenvalue weighted by Crippen LogP contribution is 2.36. The van der Waals surface area contributed by atoms with Crippen LogP contribution in [0.5, 0.6) is 0 Å². The second-order valence-corrected chi connectivity index (χ2v) is 5.08. The monoisotopic (exact) mass is 142 g/mol. The lowest BCUT2D eigenvalue weighted by Crippen LogP contribution is -2.19. The summed E-state index contributed by atoms with van der Waals surface area (Å²) in [6, 6.07) is 0. The SMILES string of the molecule is CC1CCCC(C)C1[SiH3]. The van der Waals surface area contributed by atoms with E-state index in [1.165, 1.54) is 29.5 Å². The lowest BCUT2D eigenvalue weighted by molar-refractivity contribution is 0.302.